The molecule has 2 aliphatic rings. The van der Waals surface area contributed by atoms with Gasteiger partial charge in [-0.3, -0.25) is 24.6 Å². The number of nitrogens with one attached hydrogen (secondary N) is 1. The Labute approximate surface area is 164 Å². The maximum absolute atomic E-state index is 12.6. The Morgan fingerprint density at radius 1 is 1.32 bits per heavy atom. The number of methoxy groups -OCH3 is 1. The van der Waals surface area contributed by atoms with Crippen LogP contribution in [0.25, 0.3) is 0 Å². The molecular formula is C18H18N4O5S. The van der Waals surface area contributed by atoms with Crippen molar-refractivity contribution in [2.75, 3.05) is 32.2 Å². The number of amides is 3. The summed E-state index contributed by atoms with van der Waals surface area (Å²) < 4.78 is 10.5. The van der Waals surface area contributed by atoms with Gasteiger partial charge in [0.1, 0.15) is 11.1 Å². The molecule has 0 spiro atoms. The first-order valence-corrected chi connectivity index (χ1v) is 9.65. The van der Waals surface area contributed by atoms with Gasteiger partial charge in [0.15, 0.2) is 0 Å². The summed E-state index contributed by atoms with van der Waals surface area (Å²) in [5, 5.41) is 11.8. The van der Waals surface area contributed by atoms with Gasteiger partial charge in [-0.15, -0.1) is 10.2 Å². The molecule has 4 rings (SSSR count). The fraction of sp³-hybridized carbons (Fsp3) is 0.389. The molecular weight excluding hydrogens is 384 g/mol. The summed E-state index contributed by atoms with van der Waals surface area (Å²) in [5.41, 5.74) is 0.766. The van der Waals surface area contributed by atoms with E-state index in [0.717, 1.165) is 22.7 Å². The van der Waals surface area contributed by atoms with Crippen LogP contribution in [0.4, 0.5) is 5.13 Å². The van der Waals surface area contributed by atoms with E-state index >= 15 is 0 Å². The minimum absolute atomic E-state index is 0.0649. The van der Waals surface area contributed by atoms with Crippen molar-refractivity contribution in [2.45, 2.75) is 18.9 Å². The van der Waals surface area contributed by atoms with Gasteiger partial charge < -0.3 is 9.47 Å². The second-order valence-electron chi connectivity index (χ2n) is 6.42. The summed E-state index contributed by atoms with van der Waals surface area (Å²) in [4.78, 5) is 38.5. The van der Waals surface area contributed by atoms with E-state index in [9.17, 15) is 14.4 Å². The number of imide groups is 1. The smallest absolute Gasteiger partial charge is 0.261 e. The van der Waals surface area contributed by atoms with Gasteiger partial charge in [-0.1, -0.05) is 11.3 Å². The number of carbonyl (C=O) groups excluding carboxylic acids is 3. The molecule has 1 N–H and O–H groups in total. The van der Waals surface area contributed by atoms with E-state index in [-0.39, 0.29) is 41.9 Å². The van der Waals surface area contributed by atoms with Crippen LogP contribution in [0.5, 0.6) is 0 Å². The molecule has 0 bridgehead atoms. The van der Waals surface area contributed by atoms with Crippen molar-refractivity contribution in [1.82, 2.24) is 15.1 Å². The van der Waals surface area contributed by atoms with Crippen LogP contribution in [0.1, 0.15) is 55.0 Å². The Kier molecular flexibility index (Phi) is 5.16. The number of aromatic nitrogens is 2. The summed E-state index contributed by atoms with van der Waals surface area (Å²) in [5.74, 6) is -1.23. The lowest BCUT2D eigenvalue weighted by atomic mass is 10.1. The van der Waals surface area contributed by atoms with Crippen molar-refractivity contribution in [3.8, 4) is 0 Å². The monoisotopic (exact) mass is 402 g/mol. The largest absolute Gasteiger partial charge is 0.383 e. The Bertz CT molecular complexity index is 938. The van der Waals surface area contributed by atoms with Gasteiger partial charge in [0.25, 0.3) is 17.7 Å². The predicted octanol–water partition coefficient (Wildman–Crippen LogP) is 1.88. The zero-order valence-electron chi connectivity index (χ0n) is 15.1. The number of nitrogens with zero attached hydrogens (tertiary/aromatic N) is 3. The van der Waals surface area contributed by atoms with Crippen LogP contribution in [0.3, 0.4) is 0 Å². The minimum atomic E-state index is -0.428. The second-order valence-corrected chi connectivity index (χ2v) is 7.43. The maximum atomic E-state index is 12.6. The fourth-order valence-electron chi connectivity index (χ4n) is 3.17. The topological polar surface area (TPSA) is 111 Å². The molecule has 3 heterocycles. The molecule has 2 aromatic rings. The van der Waals surface area contributed by atoms with E-state index in [1.807, 2.05) is 0 Å². The van der Waals surface area contributed by atoms with Gasteiger partial charge in [0.05, 0.1) is 24.3 Å². The lowest BCUT2D eigenvalue weighted by molar-refractivity contribution is 0.0603. The molecule has 28 heavy (non-hydrogen) atoms. The highest BCUT2D eigenvalue weighted by Gasteiger charge is 2.35. The number of rotatable bonds is 6. The van der Waals surface area contributed by atoms with E-state index in [1.165, 1.54) is 36.6 Å². The van der Waals surface area contributed by atoms with Crippen molar-refractivity contribution in [2.24, 2.45) is 0 Å². The number of hydrogen-bond acceptors (Lipinski definition) is 8. The highest BCUT2D eigenvalue weighted by molar-refractivity contribution is 7.15. The average molecular weight is 402 g/mol. The Hall–Kier alpha value is -2.69. The van der Waals surface area contributed by atoms with E-state index in [1.54, 1.807) is 0 Å². The molecule has 3 amide bonds. The lowest BCUT2D eigenvalue weighted by Crippen LogP contribution is -2.32. The highest BCUT2D eigenvalue weighted by Crippen LogP contribution is 2.32. The summed E-state index contributed by atoms with van der Waals surface area (Å²) in [6.07, 6.45) is 1.81. The van der Waals surface area contributed by atoms with Crippen LogP contribution in [0.15, 0.2) is 18.2 Å². The normalized spacial score (nSPS) is 18.6. The molecule has 1 aromatic carbocycles. The first kappa shape index (κ1) is 18.7. The molecule has 1 fully saturated rings. The molecule has 1 saturated heterocycles. The average Bonchev–Trinajstić information content (AvgIpc) is 3.42. The molecule has 1 aromatic heterocycles. The predicted molar refractivity (Wildman–Crippen MR) is 99.5 cm³/mol. The van der Waals surface area contributed by atoms with Crippen molar-refractivity contribution < 1.29 is 23.9 Å². The van der Waals surface area contributed by atoms with Crippen LogP contribution >= 0.6 is 11.3 Å². The van der Waals surface area contributed by atoms with Gasteiger partial charge in [-0.25, -0.2) is 0 Å². The quantitative estimate of drug-likeness (QED) is 0.735. The highest BCUT2D eigenvalue weighted by atomic mass is 32.1. The van der Waals surface area contributed by atoms with Gasteiger partial charge in [-0.05, 0) is 31.0 Å². The summed E-state index contributed by atoms with van der Waals surface area (Å²) in [6, 6.07) is 4.44. The third-order valence-electron chi connectivity index (χ3n) is 4.62. The van der Waals surface area contributed by atoms with Crippen LogP contribution in [-0.4, -0.2) is 59.7 Å². The first-order valence-electron chi connectivity index (χ1n) is 8.84. The van der Waals surface area contributed by atoms with E-state index < -0.39 is 11.8 Å². The number of anilines is 1. The summed E-state index contributed by atoms with van der Waals surface area (Å²) >= 11 is 1.27. The second kappa shape index (κ2) is 7.74. The first-order chi connectivity index (χ1) is 13.6. The van der Waals surface area contributed by atoms with Crippen molar-refractivity contribution in [3.63, 3.8) is 0 Å². The van der Waals surface area contributed by atoms with Crippen LogP contribution < -0.4 is 5.32 Å². The van der Waals surface area contributed by atoms with E-state index in [4.69, 9.17) is 9.47 Å². The van der Waals surface area contributed by atoms with Crippen molar-refractivity contribution in [1.29, 1.82) is 0 Å². The number of fused-ring (bicyclic) bond motifs is 1. The minimum Gasteiger partial charge on any atom is -0.383 e. The van der Waals surface area contributed by atoms with Crippen LogP contribution in [0.2, 0.25) is 0 Å². The van der Waals surface area contributed by atoms with Crippen LogP contribution in [0, 0.1) is 0 Å². The fourth-order valence-corrected chi connectivity index (χ4v) is 4.00. The third kappa shape index (κ3) is 3.41. The molecule has 9 nitrogen and oxygen atoms in total. The van der Waals surface area contributed by atoms with Gasteiger partial charge in [0.2, 0.25) is 5.13 Å². The number of carbonyl (C=O) groups is 3. The van der Waals surface area contributed by atoms with Gasteiger partial charge >= 0.3 is 0 Å². The SMILES string of the molecule is COCCN1C(=O)c2ccc(C(=O)Nc3nnc([C@H]4CCCO4)s3)cc2C1=O. The molecule has 0 radical (unpaired) electrons. The van der Waals surface area contributed by atoms with E-state index in [2.05, 4.69) is 15.5 Å². The Morgan fingerprint density at radius 3 is 2.89 bits per heavy atom. The van der Waals surface area contributed by atoms with Crippen molar-refractivity contribution >= 4 is 34.2 Å². The molecule has 0 saturated carbocycles. The zero-order valence-corrected chi connectivity index (χ0v) is 16.0. The van der Waals surface area contributed by atoms with E-state index in [0.29, 0.717) is 11.7 Å². The lowest BCUT2D eigenvalue weighted by Gasteiger charge is -2.12. The summed E-state index contributed by atoms with van der Waals surface area (Å²) in [6.45, 7) is 1.12. The molecule has 2 aliphatic heterocycles. The summed E-state index contributed by atoms with van der Waals surface area (Å²) in [7, 11) is 1.50. The van der Waals surface area contributed by atoms with Crippen molar-refractivity contribution in [3.05, 3.63) is 39.9 Å². The Morgan fingerprint density at radius 2 is 2.14 bits per heavy atom. The standard InChI is InChI=1S/C18H18N4O5S/c1-26-8-6-22-16(24)11-5-4-10(9-12(11)17(22)25)14(23)19-18-21-20-15(28-18)13-3-2-7-27-13/h4-5,9,13H,2-3,6-8H2,1H3,(H,19,21,23)/t13-/m1/s1. The number of ether oxygens (including phenoxy) is 2. The third-order valence-corrected chi connectivity index (χ3v) is 5.55. The number of benzene rings is 1. The van der Waals surface area contributed by atoms with Gasteiger partial charge in [-0.2, -0.15) is 0 Å². The molecule has 1 atom stereocenters. The molecule has 0 aliphatic carbocycles. The molecule has 10 heteroatoms. The Balaban J connectivity index is 1.49. The van der Waals surface area contributed by atoms with Gasteiger partial charge in [0, 0.05) is 19.3 Å². The molecule has 0 unspecified atom stereocenters. The molecule has 146 valence electrons. The zero-order chi connectivity index (χ0) is 19.7. The maximum Gasteiger partial charge on any atom is 0.261 e. The van der Waals surface area contributed by atoms with Crippen LogP contribution in [-0.2, 0) is 9.47 Å². The number of hydrogen-bond donors (Lipinski definition) is 1.